The van der Waals surface area contributed by atoms with Gasteiger partial charge in [-0.05, 0) is 12.1 Å². The number of rotatable bonds is 5. The molecule has 1 aromatic carbocycles. The molecule has 1 heterocycles. The van der Waals surface area contributed by atoms with Crippen LogP contribution in [0.3, 0.4) is 0 Å². The number of aromatic nitrogens is 1. The molecule has 0 N–H and O–H groups in total. The van der Waals surface area contributed by atoms with Crippen LogP contribution in [0, 0.1) is 0 Å². The molecule has 0 unspecified atom stereocenters. The number of halogens is 1. The van der Waals surface area contributed by atoms with Crippen LogP contribution >= 0.6 is 0 Å². The number of ether oxygens (including phenoxy) is 2. The molecule has 0 atom stereocenters. The van der Waals surface area contributed by atoms with E-state index in [2.05, 4.69) is 0 Å². The monoisotopic (exact) mass is 327 g/mol. The number of carbonyl (C=O) groups excluding carboxylic acids is 1. The molecule has 6 heteroatoms. The van der Waals surface area contributed by atoms with Crippen molar-refractivity contribution < 1.29 is 40.2 Å². The smallest absolute Gasteiger partial charge is 0.334 e. The third-order valence-electron chi connectivity index (χ3n) is 2.53. The summed E-state index contributed by atoms with van der Waals surface area (Å²) in [7, 11) is 3.10. The summed E-state index contributed by atoms with van der Waals surface area (Å²) in [5, 5.41) is 0. The highest BCUT2D eigenvalue weighted by Crippen LogP contribution is 2.22. The standard InChI is InChI=1S/C13H14NO4.BrH/c1-16-11-5-10(6-12(7-11)17-2)13(15)8-14-3-4-18-9-14;/h3-7,9H,8H2,1-2H3;1H/q+1;/p-1. The quantitative estimate of drug-likeness (QED) is 0.494. The third-order valence-corrected chi connectivity index (χ3v) is 2.53. The fourth-order valence-corrected chi connectivity index (χ4v) is 1.58. The van der Waals surface area contributed by atoms with Crippen molar-refractivity contribution in [2.24, 2.45) is 0 Å². The average molecular weight is 328 g/mol. The number of ketones is 1. The molecule has 0 aliphatic carbocycles. The highest BCUT2D eigenvalue weighted by Gasteiger charge is 2.15. The van der Waals surface area contributed by atoms with Gasteiger partial charge >= 0.3 is 6.39 Å². The highest BCUT2D eigenvalue weighted by molar-refractivity contribution is 5.95. The van der Waals surface area contributed by atoms with E-state index in [1.807, 2.05) is 0 Å². The Bertz CT molecular complexity index is 517. The van der Waals surface area contributed by atoms with Crippen molar-refractivity contribution in [3.8, 4) is 11.5 Å². The second-order valence-electron chi connectivity index (χ2n) is 3.72. The molecule has 2 rings (SSSR count). The van der Waals surface area contributed by atoms with Crippen molar-refractivity contribution in [3.63, 3.8) is 0 Å². The van der Waals surface area contributed by atoms with Crippen LogP contribution < -0.4 is 31.0 Å². The summed E-state index contributed by atoms with van der Waals surface area (Å²) in [5.74, 6) is 1.14. The minimum absolute atomic E-state index is 0. The molecule has 1 aromatic heterocycles. The summed E-state index contributed by atoms with van der Waals surface area (Å²) in [4.78, 5) is 12.1. The Morgan fingerprint density at radius 1 is 1.21 bits per heavy atom. The molecular formula is C13H14BrNO4. The van der Waals surface area contributed by atoms with Crippen LogP contribution in [0.2, 0.25) is 0 Å². The Morgan fingerprint density at radius 3 is 2.32 bits per heavy atom. The summed E-state index contributed by atoms with van der Waals surface area (Å²) in [6.07, 6.45) is 4.68. The summed E-state index contributed by atoms with van der Waals surface area (Å²) in [6.45, 7) is 0.215. The van der Waals surface area contributed by atoms with Gasteiger partial charge in [0.05, 0.1) is 14.2 Å². The summed E-state index contributed by atoms with van der Waals surface area (Å²) >= 11 is 0. The zero-order chi connectivity index (χ0) is 13.0. The van der Waals surface area contributed by atoms with Crippen LogP contribution in [0.5, 0.6) is 11.5 Å². The molecule has 0 fully saturated rings. The Kier molecular flexibility index (Phi) is 5.57. The molecule has 2 aromatic rings. The van der Waals surface area contributed by atoms with Gasteiger partial charge in [-0.15, -0.1) is 0 Å². The van der Waals surface area contributed by atoms with E-state index in [9.17, 15) is 4.79 Å². The number of oxazole rings is 1. The van der Waals surface area contributed by atoms with Crippen molar-refractivity contribution in [2.45, 2.75) is 6.54 Å². The van der Waals surface area contributed by atoms with Crippen LogP contribution in [0.15, 0.2) is 41.5 Å². The van der Waals surface area contributed by atoms with E-state index < -0.39 is 0 Å². The molecule has 0 radical (unpaired) electrons. The maximum Gasteiger partial charge on any atom is 0.334 e. The Hall–Kier alpha value is -1.82. The van der Waals surface area contributed by atoms with Gasteiger partial charge in [-0.2, -0.15) is 4.57 Å². The van der Waals surface area contributed by atoms with Crippen molar-refractivity contribution in [3.05, 3.63) is 42.6 Å². The van der Waals surface area contributed by atoms with E-state index in [4.69, 9.17) is 13.9 Å². The first-order valence-corrected chi connectivity index (χ1v) is 5.40. The Balaban J connectivity index is 0.00000180. The minimum atomic E-state index is -0.0430. The molecule has 0 saturated carbocycles. The topological polar surface area (TPSA) is 52.6 Å². The summed E-state index contributed by atoms with van der Waals surface area (Å²) in [6, 6.07) is 5.10. The fraction of sp³-hybridized carbons (Fsp3) is 0.231. The van der Waals surface area contributed by atoms with Crippen LogP contribution in [0.25, 0.3) is 0 Å². The molecular weight excluding hydrogens is 314 g/mol. The van der Waals surface area contributed by atoms with E-state index in [0.29, 0.717) is 17.1 Å². The Labute approximate surface area is 121 Å². The summed E-state index contributed by atoms with van der Waals surface area (Å²) in [5.41, 5.74) is 0.542. The first kappa shape index (κ1) is 15.2. The van der Waals surface area contributed by atoms with Gasteiger partial charge in [0.25, 0.3) is 0 Å². The van der Waals surface area contributed by atoms with Crippen LogP contribution in [0.4, 0.5) is 0 Å². The first-order chi connectivity index (χ1) is 8.72. The number of hydrogen-bond donors (Lipinski definition) is 0. The van der Waals surface area contributed by atoms with Gasteiger partial charge in [0.15, 0.2) is 6.26 Å². The lowest BCUT2D eigenvalue weighted by Crippen LogP contribution is -3.00. The lowest BCUT2D eigenvalue weighted by atomic mass is 10.1. The molecule has 0 spiro atoms. The van der Waals surface area contributed by atoms with Crippen molar-refractivity contribution >= 4 is 5.78 Å². The molecule has 0 saturated heterocycles. The number of hydrogen-bond acceptors (Lipinski definition) is 4. The lowest BCUT2D eigenvalue weighted by Gasteiger charge is -2.06. The van der Waals surface area contributed by atoms with Gasteiger partial charge in [0.1, 0.15) is 11.5 Å². The zero-order valence-electron chi connectivity index (χ0n) is 10.6. The van der Waals surface area contributed by atoms with Crippen molar-refractivity contribution in [1.29, 1.82) is 0 Å². The number of benzene rings is 1. The fourth-order valence-electron chi connectivity index (χ4n) is 1.58. The van der Waals surface area contributed by atoms with E-state index in [1.165, 1.54) is 12.7 Å². The SMILES string of the molecule is COc1cc(OC)cc(C(=O)C[n+]2ccoc2)c1.[Br-]. The number of methoxy groups -OCH3 is 2. The van der Waals surface area contributed by atoms with Gasteiger partial charge in [0, 0.05) is 11.6 Å². The first-order valence-electron chi connectivity index (χ1n) is 5.40. The Morgan fingerprint density at radius 2 is 1.84 bits per heavy atom. The number of carbonyl (C=O) groups is 1. The molecule has 5 nitrogen and oxygen atoms in total. The second kappa shape index (κ2) is 6.94. The number of nitrogens with zero attached hydrogens (tertiary/aromatic N) is 1. The second-order valence-corrected chi connectivity index (χ2v) is 3.72. The average Bonchev–Trinajstić information content (AvgIpc) is 2.90. The van der Waals surface area contributed by atoms with E-state index in [1.54, 1.807) is 43.2 Å². The molecule has 0 aliphatic heterocycles. The van der Waals surface area contributed by atoms with Crippen LogP contribution in [0.1, 0.15) is 10.4 Å². The highest BCUT2D eigenvalue weighted by atomic mass is 79.9. The zero-order valence-corrected chi connectivity index (χ0v) is 12.2. The van der Waals surface area contributed by atoms with Crippen molar-refractivity contribution in [1.82, 2.24) is 0 Å². The van der Waals surface area contributed by atoms with Gasteiger partial charge in [0.2, 0.25) is 18.5 Å². The molecule has 19 heavy (non-hydrogen) atoms. The molecule has 0 aliphatic rings. The largest absolute Gasteiger partial charge is 1.00 e. The predicted molar refractivity (Wildman–Crippen MR) is 62.8 cm³/mol. The van der Waals surface area contributed by atoms with Gasteiger partial charge in [-0.3, -0.25) is 4.79 Å². The minimum Gasteiger partial charge on any atom is -1.00 e. The molecule has 102 valence electrons. The van der Waals surface area contributed by atoms with E-state index in [0.717, 1.165) is 0 Å². The van der Waals surface area contributed by atoms with Crippen LogP contribution in [-0.2, 0) is 6.54 Å². The maximum atomic E-state index is 12.1. The number of Topliss-reactive ketones (excluding diaryl/α,β-unsaturated/α-hetero) is 1. The molecule has 0 amide bonds. The van der Waals surface area contributed by atoms with E-state index >= 15 is 0 Å². The van der Waals surface area contributed by atoms with Gasteiger partial charge < -0.3 is 30.9 Å². The predicted octanol–water partition coefficient (Wildman–Crippen LogP) is -1.53. The van der Waals surface area contributed by atoms with Gasteiger partial charge in [-0.25, -0.2) is 0 Å². The maximum absolute atomic E-state index is 12.1. The summed E-state index contributed by atoms with van der Waals surface area (Å²) < 4.78 is 16.8. The van der Waals surface area contributed by atoms with Crippen LogP contribution in [-0.4, -0.2) is 20.0 Å². The van der Waals surface area contributed by atoms with Gasteiger partial charge in [-0.1, -0.05) is 0 Å². The normalized spacial score (nSPS) is 9.58. The van der Waals surface area contributed by atoms with Crippen molar-refractivity contribution in [2.75, 3.05) is 14.2 Å². The lowest BCUT2D eigenvalue weighted by molar-refractivity contribution is -0.686. The third kappa shape index (κ3) is 3.82. The molecule has 0 bridgehead atoms. The van der Waals surface area contributed by atoms with E-state index in [-0.39, 0.29) is 29.3 Å².